The monoisotopic (exact) mass is 332 g/mol. The number of carboxylic acids is 1. The van der Waals surface area contributed by atoms with E-state index < -0.39 is 5.97 Å². The number of rotatable bonds is 3. The summed E-state index contributed by atoms with van der Waals surface area (Å²) in [4.78, 5) is 15.5. The lowest BCUT2D eigenvalue weighted by Crippen LogP contribution is -2.02. The van der Waals surface area contributed by atoms with Gasteiger partial charge in [-0.05, 0) is 30.3 Å². The molecule has 1 heterocycles. The Hall–Kier alpha value is -2.30. The molecule has 3 aromatic rings. The first-order valence-electron chi connectivity index (χ1n) is 6.40. The van der Waals surface area contributed by atoms with Crippen molar-refractivity contribution in [2.75, 3.05) is 5.32 Å². The SMILES string of the molecule is O=C(O)c1ccccc1Nc1ccnc2c(Cl)c(Cl)ccc12. The van der Waals surface area contributed by atoms with E-state index in [-0.39, 0.29) is 5.56 Å². The summed E-state index contributed by atoms with van der Waals surface area (Å²) < 4.78 is 0. The van der Waals surface area contributed by atoms with Crippen molar-refractivity contribution < 1.29 is 9.90 Å². The number of anilines is 2. The molecule has 1 aromatic heterocycles. The first kappa shape index (κ1) is 14.6. The highest BCUT2D eigenvalue weighted by molar-refractivity contribution is 6.45. The van der Waals surface area contributed by atoms with Gasteiger partial charge in [-0.1, -0.05) is 35.3 Å². The number of aromatic carboxylic acids is 1. The summed E-state index contributed by atoms with van der Waals surface area (Å²) in [5.74, 6) is -0.998. The number of carboxylic acid groups (broad SMARTS) is 1. The van der Waals surface area contributed by atoms with Gasteiger partial charge in [-0.2, -0.15) is 0 Å². The van der Waals surface area contributed by atoms with Crippen LogP contribution in [0.25, 0.3) is 10.9 Å². The molecule has 0 radical (unpaired) electrons. The number of fused-ring (bicyclic) bond motifs is 1. The molecule has 2 aromatic carbocycles. The molecule has 0 amide bonds. The molecule has 2 N–H and O–H groups in total. The fourth-order valence-electron chi connectivity index (χ4n) is 2.19. The quantitative estimate of drug-likeness (QED) is 0.709. The third kappa shape index (κ3) is 2.58. The lowest BCUT2D eigenvalue weighted by molar-refractivity contribution is 0.0698. The van der Waals surface area contributed by atoms with E-state index in [1.54, 1.807) is 42.6 Å². The number of para-hydroxylation sites is 1. The van der Waals surface area contributed by atoms with Crippen molar-refractivity contribution in [2.45, 2.75) is 0 Å². The van der Waals surface area contributed by atoms with E-state index >= 15 is 0 Å². The zero-order valence-electron chi connectivity index (χ0n) is 11.2. The minimum Gasteiger partial charge on any atom is -0.478 e. The summed E-state index contributed by atoms with van der Waals surface area (Å²) in [6, 6.07) is 11.9. The van der Waals surface area contributed by atoms with E-state index in [9.17, 15) is 9.90 Å². The Morgan fingerprint density at radius 2 is 1.82 bits per heavy atom. The molecule has 0 spiro atoms. The molecule has 0 aliphatic carbocycles. The van der Waals surface area contributed by atoms with Crippen LogP contribution < -0.4 is 5.32 Å². The summed E-state index contributed by atoms with van der Waals surface area (Å²) in [5.41, 5.74) is 1.95. The first-order valence-corrected chi connectivity index (χ1v) is 7.15. The first-order chi connectivity index (χ1) is 10.6. The lowest BCUT2D eigenvalue weighted by Gasteiger charge is -2.12. The van der Waals surface area contributed by atoms with Crippen LogP contribution in [0.2, 0.25) is 10.0 Å². The Kier molecular flexibility index (Phi) is 3.88. The van der Waals surface area contributed by atoms with Gasteiger partial charge in [0.05, 0.1) is 26.8 Å². The topological polar surface area (TPSA) is 62.2 Å². The predicted octanol–water partition coefficient (Wildman–Crippen LogP) is 4.98. The van der Waals surface area contributed by atoms with Crippen LogP contribution in [0, 0.1) is 0 Å². The second-order valence-corrected chi connectivity index (χ2v) is 5.38. The van der Waals surface area contributed by atoms with Crippen molar-refractivity contribution in [1.82, 2.24) is 4.98 Å². The maximum atomic E-state index is 11.3. The zero-order valence-corrected chi connectivity index (χ0v) is 12.7. The summed E-state index contributed by atoms with van der Waals surface area (Å²) >= 11 is 12.2. The van der Waals surface area contributed by atoms with Crippen molar-refractivity contribution >= 4 is 51.4 Å². The second kappa shape index (κ2) is 5.83. The van der Waals surface area contributed by atoms with Gasteiger partial charge in [-0.25, -0.2) is 4.79 Å². The van der Waals surface area contributed by atoms with E-state index in [1.165, 1.54) is 6.07 Å². The van der Waals surface area contributed by atoms with E-state index in [4.69, 9.17) is 23.2 Å². The molecule has 0 saturated heterocycles. The standard InChI is InChI=1S/C16H10Cl2N2O2/c17-11-6-5-9-13(7-8-19-15(9)14(11)18)20-12-4-2-1-3-10(12)16(21)22/h1-8H,(H,19,20)(H,21,22). The Labute approximate surface area is 136 Å². The van der Waals surface area contributed by atoms with Gasteiger partial charge in [0.15, 0.2) is 0 Å². The highest BCUT2D eigenvalue weighted by Gasteiger charge is 2.12. The maximum absolute atomic E-state index is 11.3. The number of nitrogens with zero attached hydrogens (tertiary/aromatic N) is 1. The van der Waals surface area contributed by atoms with Gasteiger partial charge in [0.25, 0.3) is 0 Å². The number of pyridine rings is 1. The van der Waals surface area contributed by atoms with Crippen LogP contribution in [0.15, 0.2) is 48.7 Å². The highest BCUT2D eigenvalue weighted by Crippen LogP contribution is 2.34. The third-order valence-electron chi connectivity index (χ3n) is 3.23. The molecule has 0 fully saturated rings. The second-order valence-electron chi connectivity index (χ2n) is 4.59. The average molecular weight is 333 g/mol. The summed E-state index contributed by atoms with van der Waals surface area (Å²) in [6.45, 7) is 0. The van der Waals surface area contributed by atoms with Crippen molar-refractivity contribution in [3.8, 4) is 0 Å². The summed E-state index contributed by atoms with van der Waals surface area (Å²) in [7, 11) is 0. The van der Waals surface area contributed by atoms with Gasteiger partial charge in [0.1, 0.15) is 0 Å². The molecule has 0 unspecified atom stereocenters. The predicted molar refractivity (Wildman–Crippen MR) is 88.4 cm³/mol. The Bertz CT molecular complexity index is 881. The molecule has 4 nitrogen and oxygen atoms in total. The van der Waals surface area contributed by atoms with Gasteiger partial charge in [-0.3, -0.25) is 4.98 Å². The molecule has 0 atom stereocenters. The van der Waals surface area contributed by atoms with E-state index in [0.717, 1.165) is 5.39 Å². The van der Waals surface area contributed by atoms with Crippen molar-refractivity contribution in [2.24, 2.45) is 0 Å². The maximum Gasteiger partial charge on any atom is 0.337 e. The fourth-order valence-corrected chi connectivity index (χ4v) is 2.56. The van der Waals surface area contributed by atoms with Crippen molar-refractivity contribution in [1.29, 1.82) is 0 Å². The largest absolute Gasteiger partial charge is 0.478 e. The van der Waals surface area contributed by atoms with E-state index in [1.807, 2.05) is 0 Å². The van der Waals surface area contributed by atoms with Crippen LogP contribution in [-0.2, 0) is 0 Å². The average Bonchev–Trinajstić information content (AvgIpc) is 2.52. The smallest absolute Gasteiger partial charge is 0.337 e. The van der Waals surface area contributed by atoms with Gasteiger partial charge < -0.3 is 10.4 Å². The van der Waals surface area contributed by atoms with Crippen molar-refractivity contribution in [3.05, 3.63) is 64.3 Å². The molecule has 0 aliphatic rings. The molecule has 6 heteroatoms. The number of aromatic nitrogens is 1. The highest BCUT2D eigenvalue weighted by atomic mass is 35.5. The minimum absolute atomic E-state index is 0.188. The molecule has 0 bridgehead atoms. The van der Waals surface area contributed by atoms with Crippen LogP contribution in [-0.4, -0.2) is 16.1 Å². The normalized spacial score (nSPS) is 10.6. The van der Waals surface area contributed by atoms with Crippen LogP contribution >= 0.6 is 23.2 Å². The van der Waals surface area contributed by atoms with Crippen LogP contribution in [0.4, 0.5) is 11.4 Å². The summed E-state index contributed by atoms with van der Waals surface area (Å²) in [6.07, 6.45) is 1.59. The summed E-state index contributed by atoms with van der Waals surface area (Å²) in [5, 5.41) is 13.9. The Morgan fingerprint density at radius 1 is 1.05 bits per heavy atom. The van der Waals surface area contributed by atoms with E-state index in [0.29, 0.717) is 26.9 Å². The van der Waals surface area contributed by atoms with Gasteiger partial charge in [0.2, 0.25) is 0 Å². The molecule has 22 heavy (non-hydrogen) atoms. The van der Waals surface area contributed by atoms with Crippen LogP contribution in [0.5, 0.6) is 0 Å². The molecular weight excluding hydrogens is 323 g/mol. The van der Waals surface area contributed by atoms with Crippen LogP contribution in [0.3, 0.4) is 0 Å². The molecule has 0 aliphatic heterocycles. The fraction of sp³-hybridized carbons (Fsp3) is 0. The molecule has 0 saturated carbocycles. The number of benzene rings is 2. The van der Waals surface area contributed by atoms with Gasteiger partial charge in [0, 0.05) is 17.3 Å². The number of hydrogen-bond acceptors (Lipinski definition) is 3. The molecular formula is C16H10Cl2N2O2. The Morgan fingerprint density at radius 3 is 2.59 bits per heavy atom. The van der Waals surface area contributed by atoms with Crippen LogP contribution in [0.1, 0.15) is 10.4 Å². The van der Waals surface area contributed by atoms with Gasteiger partial charge >= 0.3 is 5.97 Å². The van der Waals surface area contributed by atoms with E-state index in [2.05, 4.69) is 10.3 Å². The lowest BCUT2D eigenvalue weighted by atomic mass is 10.1. The number of halogens is 2. The molecule has 110 valence electrons. The van der Waals surface area contributed by atoms with Gasteiger partial charge in [-0.15, -0.1) is 0 Å². The third-order valence-corrected chi connectivity index (χ3v) is 4.03. The Balaban J connectivity index is 2.13. The number of hydrogen-bond donors (Lipinski definition) is 2. The number of carbonyl (C=O) groups is 1. The minimum atomic E-state index is -0.998. The number of nitrogens with one attached hydrogen (secondary N) is 1. The molecule has 3 rings (SSSR count). The zero-order chi connectivity index (χ0) is 15.7. The van der Waals surface area contributed by atoms with Crippen molar-refractivity contribution in [3.63, 3.8) is 0 Å².